The molecule has 2 aliphatic rings. The fraction of sp³-hybridized carbons (Fsp3) is 0.333. The standard InChI is InChI=1S/C21H23NO/c1-23-20-19-10-6-5-9-18(19)15-21(20)11-13-22(14-12-21)16-17-7-3-2-4-8-17/h2-10,15H,11-14,16H2,1H3. The van der Waals surface area contributed by atoms with Crippen molar-refractivity contribution in [1.82, 2.24) is 4.90 Å². The zero-order chi connectivity index (χ0) is 15.7. The second-order valence-corrected chi connectivity index (χ2v) is 6.68. The van der Waals surface area contributed by atoms with Gasteiger partial charge in [-0.25, -0.2) is 0 Å². The van der Waals surface area contributed by atoms with Crippen molar-refractivity contribution in [3.8, 4) is 0 Å². The molecule has 1 heterocycles. The minimum absolute atomic E-state index is 0.103. The van der Waals surface area contributed by atoms with Gasteiger partial charge in [-0.3, -0.25) is 4.90 Å². The van der Waals surface area contributed by atoms with Crippen molar-refractivity contribution in [3.05, 3.63) is 70.6 Å². The Balaban J connectivity index is 1.54. The van der Waals surface area contributed by atoms with E-state index in [9.17, 15) is 0 Å². The Labute approximate surface area is 137 Å². The van der Waals surface area contributed by atoms with Crippen LogP contribution in [0.5, 0.6) is 0 Å². The first-order valence-electron chi connectivity index (χ1n) is 8.44. The molecular weight excluding hydrogens is 282 g/mol. The Kier molecular flexibility index (Phi) is 3.70. The van der Waals surface area contributed by atoms with Crippen LogP contribution in [-0.2, 0) is 11.3 Å². The summed E-state index contributed by atoms with van der Waals surface area (Å²) in [5.74, 6) is 1.17. The van der Waals surface area contributed by atoms with Crippen LogP contribution in [0.4, 0.5) is 0 Å². The van der Waals surface area contributed by atoms with Gasteiger partial charge in [-0.2, -0.15) is 0 Å². The Morgan fingerprint density at radius 1 is 0.957 bits per heavy atom. The van der Waals surface area contributed by atoms with Crippen molar-refractivity contribution < 1.29 is 4.74 Å². The first kappa shape index (κ1) is 14.5. The number of benzene rings is 2. The molecule has 0 N–H and O–H groups in total. The average molecular weight is 305 g/mol. The van der Waals surface area contributed by atoms with Gasteiger partial charge in [0.1, 0.15) is 5.76 Å². The molecule has 118 valence electrons. The SMILES string of the molecule is COC1=c2ccccc2=CC12CCN(Cc1ccccc1)CC2. The number of likely N-dealkylation sites (tertiary alicyclic amines) is 1. The monoisotopic (exact) mass is 305 g/mol. The maximum atomic E-state index is 5.85. The van der Waals surface area contributed by atoms with E-state index in [-0.39, 0.29) is 5.41 Å². The molecule has 1 spiro atoms. The topological polar surface area (TPSA) is 12.5 Å². The molecule has 1 saturated heterocycles. The third-order valence-electron chi connectivity index (χ3n) is 5.29. The smallest absolute Gasteiger partial charge is 0.113 e. The normalized spacial score (nSPS) is 19.4. The Bertz CT molecular complexity index is 801. The Hall–Kier alpha value is -2.06. The number of rotatable bonds is 3. The zero-order valence-electron chi connectivity index (χ0n) is 13.7. The number of hydrogen-bond donors (Lipinski definition) is 0. The predicted octanol–water partition coefficient (Wildman–Crippen LogP) is 2.52. The van der Waals surface area contributed by atoms with Crippen LogP contribution in [0.1, 0.15) is 18.4 Å². The molecule has 0 aromatic heterocycles. The number of ether oxygens (including phenoxy) is 1. The summed E-state index contributed by atoms with van der Waals surface area (Å²) in [6.45, 7) is 3.28. The van der Waals surface area contributed by atoms with Crippen LogP contribution in [0.3, 0.4) is 0 Å². The highest BCUT2D eigenvalue weighted by Gasteiger charge is 2.39. The minimum Gasteiger partial charge on any atom is -0.500 e. The molecule has 0 amide bonds. The van der Waals surface area contributed by atoms with Gasteiger partial charge < -0.3 is 4.74 Å². The van der Waals surface area contributed by atoms with Crippen LogP contribution in [0.2, 0.25) is 0 Å². The molecule has 2 aromatic carbocycles. The van der Waals surface area contributed by atoms with Crippen LogP contribution in [-0.4, -0.2) is 25.1 Å². The van der Waals surface area contributed by atoms with E-state index in [1.165, 1.54) is 21.8 Å². The highest BCUT2D eigenvalue weighted by atomic mass is 16.5. The second-order valence-electron chi connectivity index (χ2n) is 6.68. The van der Waals surface area contributed by atoms with Gasteiger partial charge in [-0.15, -0.1) is 0 Å². The van der Waals surface area contributed by atoms with Crippen molar-refractivity contribution in [2.75, 3.05) is 20.2 Å². The molecule has 0 atom stereocenters. The lowest BCUT2D eigenvalue weighted by Gasteiger charge is -2.39. The van der Waals surface area contributed by atoms with Gasteiger partial charge in [0.25, 0.3) is 0 Å². The van der Waals surface area contributed by atoms with Crippen molar-refractivity contribution in [3.63, 3.8) is 0 Å². The summed E-state index contributed by atoms with van der Waals surface area (Å²) in [5, 5.41) is 2.62. The molecular formula is C21H23NO. The largest absolute Gasteiger partial charge is 0.500 e. The van der Waals surface area contributed by atoms with E-state index in [0.29, 0.717) is 0 Å². The molecule has 0 bridgehead atoms. The number of fused-ring (bicyclic) bond motifs is 1. The highest BCUT2D eigenvalue weighted by Crippen LogP contribution is 2.42. The fourth-order valence-electron chi connectivity index (χ4n) is 4.10. The van der Waals surface area contributed by atoms with Crippen LogP contribution >= 0.6 is 0 Å². The molecule has 4 rings (SSSR count). The Morgan fingerprint density at radius 3 is 2.39 bits per heavy atom. The first-order chi connectivity index (χ1) is 11.3. The van der Waals surface area contributed by atoms with E-state index in [1.54, 1.807) is 0 Å². The average Bonchev–Trinajstić information content (AvgIpc) is 2.91. The summed E-state index contributed by atoms with van der Waals surface area (Å²) in [6.07, 6.45) is 4.72. The lowest BCUT2D eigenvalue weighted by molar-refractivity contribution is 0.151. The van der Waals surface area contributed by atoms with Crippen LogP contribution in [0.15, 0.2) is 54.6 Å². The minimum atomic E-state index is 0.103. The van der Waals surface area contributed by atoms with E-state index >= 15 is 0 Å². The van der Waals surface area contributed by atoms with Gasteiger partial charge in [-0.1, -0.05) is 60.7 Å². The van der Waals surface area contributed by atoms with Gasteiger partial charge in [0.15, 0.2) is 0 Å². The highest BCUT2D eigenvalue weighted by molar-refractivity contribution is 5.64. The summed E-state index contributed by atoms with van der Waals surface area (Å²) >= 11 is 0. The van der Waals surface area contributed by atoms with E-state index in [4.69, 9.17) is 4.74 Å². The van der Waals surface area contributed by atoms with E-state index < -0.39 is 0 Å². The van der Waals surface area contributed by atoms with Crippen molar-refractivity contribution in [2.24, 2.45) is 5.41 Å². The first-order valence-corrected chi connectivity index (χ1v) is 8.44. The molecule has 2 nitrogen and oxygen atoms in total. The number of methoxy groups -OCH3 is 1. The van der Waals surface area contributed by atoms with E-state index in [0.717, 1.165) is 32.5 Å². The summed E-state index contributed by atoms with van der Waals surface area (Å²) in [6, 6.07) is 19.4. The molecule has 1 aliphatic heterocycles. The lowest BCUT2D eigenvalue weighted by Crippen LogP contribution is -2.39. The van der Waals surface area contributed by atoms with Crippen molar-refractivity contribution >= 4 is 11.8 Å². The van der Waals surface area contributed by atoms with Gasteiger partial charge in [-0.05, 0) is 36.7 Å². The molecule has 0 unspecified atom stereocenters. The maximum absolute atomic E-state index is 5.85. The summed E-state index contributed by atoms with van der Waals surface area (Å²) in [7, 11) is 1.82. The van der Waals surface area contributed by atoms with Gasteiger partial charge in [0.2, 0.25) is 0 Å². The third kappa shape index (κ3) is 2.57. The van der Waals surface area contributed by atoms with Crippen molar-refractivity contribution in [2.45, 2.75) is 19.4 Å². The predicted molar refractivity (Wildman–Crippen MR) is 94.0 cm³/mol. The molecule has 2 aromatic rings. The lowest BCUT2D eigenvalue weighted by atomic mass is 9.78. The van der Waals surface area contributed by atoms with Gasteiger partial charge in [0, 0.05) is 17.2 Å². The van der Waals surface area contributed by atoms with Crippen LogP contribution < -0.4 is 10.4 Å². The zero-order valence-corrected chi connectivity index (χ0v) is 13.7. The maximum Gasteiger partial charge on any atom is 0.113 e. The summed E-state index contributed by atoms with van der Waals surface area (Å²) in [5.41, 5.74) is 1.50. The van der Waals surface area contributed by atoms with Gasteiger partial charge >= 0.3 is 0 Å². The third-order valence-corrected chi connectivity index (χ3v) is 5.29. The quantitative estimate of drug-likeness (QED) is 0.864. The van der Waals surface area contributed by atoms with Crippen LogP contribution in [0, 0.1) is 5.41 Å². The molecule has 1 aliphatic carbocycles. The van der Waals surface area contributed by atoms with Gasteiger partial charge in [0.05, 0.1) is 7.11 Å². The van der Waals surface area contributed by atoms with E-state index in [2.05, 4.69) is 65.6 Å². The number of hydrogen-bond acceptors (Lipinski definition) is 2. The number of piperidine rings is 1. The summed E-state index contributed by atoms with van der Waals surface area (Å²) in [4.78, 5) is 2.56. The van der Waals surface area contributed by atoms with Crippen LogP contribution in [0.25, 0.3) is 11.8 Å². The fourth-order valence-corrected chi connectivity index (χ4v) is 4.10. The molecule has 23 heavy (non-hydrogen) atoms. The van der Waals surface area contributed by atoms with Crippen molar-refractivity contribution in [1.29, 1.82) is 0 Å². The molecule has 2 heteroatoms. The molecule has 0 radical (unpaired) electrons. The number of nitrogens with zero attached hydrogens (tertiary/aromatic N) is 1. The Morgan fingerprint density at radius 2 is 1.65 bits per heavy atom. The summed E-state index contributed by atoms with van der Waals surface area (Å²) < 4.78 is 5.85. The second kappa shape index (κ2) is 5.86. The molecule has 1 fully saturated rings. The van der Waals surface area contributed by atoms with E-state index in [1.807, 2.05) is 7.11 Å². The molecule has 0 saturated carbocycles.